The highest BCUT2D eigenvalue weighted by Gasteiger charge is 2.55. The van der Waals surface area contributed by atoms with Crippen LogP contribution in [0.4, 0.5) is 0 Å². The van der Waals surface area contributed by atoms with Crippen molar-refractivity contribution >= 4 is 11.9 Å². The third-order valence-electron chi connectivity index (χ3n) is 3.51. The Kier molecular flexibility index (Phi) is 2.42. The van der Waals surface area contributed by atoms with E-state index in [9.17, 15) is 14.7 Å². The van der Waals surface area contributed by atoms with Gasteiger partial charge in [-0.3, -0.25) is 4.79 Å². The van der Waals surface area contributed by atoms with E-state index in [4.69, 9.17) is 5.11 Å². The molecule has 0 aromatic heterocycles. The van der Waals surface area contributed by atoms with Gasteiger partial charge in [-0.05, 0) is 19.3 Å². The summed E-state index contributed by atoms with van der Waals surface area (Å²) in [5.41, 5.74) is 0. The number of amides is 1. The molecule has 2 aliphatic heterocycles. The molecule has 2 heterocycles. The van der Waals surface area contributed by atoms with Crippen LogP contribution < -0.4 is 0 Å². The van der Waals surface area contributed by atoms with Crippen LogP contribution in [-0.4, -0.2) is 45.2 Å². The second-order valence-corrected chi connectivity index (χ2v) is 4.26. The number of fused-ring (bicyclic) bond motifs is 1. The van der Waals surface area contributed by atoms with E-state index in [1.54, 1.807) is 0 Å². The maximum absolute atomic E-state index is 11.6. The summed E-state index contributed by atoms with van der Waals surface area (Å²) in [6.45, 7) is 1.93. The summed E-state index contributed by atoms with van der Waals surface area (Å²) < 4.78 is 0. The van der Waals surface area contributed by atoms with Gasteiger partial charge < -0.3 is 15.1 Å². The first-order valence-corrected chi connectivity index (χ1v) is 5.31. The van der Waals surface area contributed by atoms with Crippen LogP contribution in [0, 0.1) is 5.92 Å². The number of piperidine rings is 1. The lowest BCUT2D eigenvalue weighted by Gasteiger charge is -2.54. The van der Waals surface area contributed by atoms with E-state index in [2.05, 4.69) is 0 Å². The lowest BCUT2D eigenvalue weighted by molar-refractivity contribution is -0.184. The van der Waals surface area contributed by atoms with Gasteiger partial charge in [-0.1, -0.05) is 6.92 Å². The number of carbonyl (C=O) groups excluding carboxylic acids is 1. The van der Waals surface area contributed by atoms with Crippen molar-refractivity contribution in [1.29, 1.82) is 0 Å². The van der Waals surface area contributed by atoms with Crippen LogP contribution in [0.3, 0.4) is 0 Å². The van der Waals surface area contributed by atoms with Crippen LogP contribution in [-0.2, 0) is 9.59 Å². The molecule has 4 atom stereocenters. The number of carboxylic acids is 1. The summed E-state index contributed by atoms with van der Waals surface area (Å²) in [7, 11) is 0. The smallest absolute Gasteiger partial charge is 0.329 e. The van der Waals surface area contributed by atoms with Crippen molar-refractivity contribution in [2.45, 2.75) is 44.4 Å². The molecule has 0 saturated carbocycles. The zero-order valence-electron chi connectivity index (χ0n) is 8.59. The van der Waals surface area contributed by atoms with E-state index in [1.165, 1.54) is 4.90 Å². The number of aliphatic carboxylic acids is 1. The topological polar surface area (TPSA) is 77.8 Å². The molecule has 1 amide bonds. The molecular weight excluding hydrogens is 198 g/mol. The minimum atomic E-state index is -1.10. The predicted octanol–water partition coefficient (Wildman–Crippen LogP) is -0.169. The van der Waals surface area contributed by atoms with Crippen molar-refractivity contribution in [1.82, 2.24) is 4.90 Å². The molecule has 2 fully saturated rings. The van der Waals surface area contributed by atoms with Crippen molar-refractivity contribution < 1.29 is 19.8 Å². The number of nitrogens with zero attached hydrogens (tertiary/aromatic N) is 1. The Morgan fingerprint density at radius 1 is 1.53 bits per heavy atom. The molecule has 5 heteroatoms. The van der Waals surface area contributed by atoms with Gasteiger partial charge in [0.1, 0.15) is 0 Å². The standard InChI is InChI=1S/C10H15NO4/c1-2-5-6-3-4-7(12)8(10(14)15)11(6)9(5)13/h5-8,12H,2-4H2,1H3,(H,14,15)/t5-,6-,7-,8+/m1/s1. The molecule has 2 N–H and O–H groups in total. The molecule has 5 nitrogen and oxygen atoms in total. The van der Waals surface area contributed by atoms with Gasteiger partial charge in [-0.2, -0.15) is 0 Å². The number of rotatable bonds is 2. The third kappa shape index (κ3) is 1.33. The monoisotopic (exact) mass is 213 g/mol. The van der Waals surface area contributed by atoms with Gasteiger partial charge in [0.15, 0.2) is 6.04 Å². The Labute approximate surface area is 87.7 Å². The number of hydrogen-bond acceptors (Lipinski definition) is 3. The predicted molar refractivity (Wildman–Crippen MR) is 51.1 cm³/mol. The average molecular weight is 213 g/mol. The molecule has 2 saturated heterocycles. The minimum Gasteiger partial charge on any atom is -0.480 e. The second-order valence-electron chi connectivity index (χ2n) is 4.26. The molecule has 15 heavy (non-hydrogen) atoms. The molecule has 0 aromatic rings. The fourth-order valence-corrected chi connectivity index (χ4v) is 2.73. The quantitative estimate of drug-likeness (QED) is 0.624. The fraction of sp³-hybridized carbons (Fsp3) is 0.800. The number of aliphatic hydroxyl groups is 1. The maximum Gasteiger partial charge on any atom is 0.329 e. The Morgan fingerprint density at radius 2 is 2.20 bits per heavy atom. The van der Waals surface area contributed by atoms with E-state index < -0.39 is 18.1 Å². The third-order valence-corrected chi connectivity index (χ3v) is 3.51. The molecule has 0 spiro atoms. The highest BCUT2D eigenvalue weighted by Crippen LogP contribution is 2.39. The highest BCUT2D eigenvalue weighted by molar-refractivity contribution is 5.91. The van der Waals surface area contributed by atoms with Crippen LogP contribution in [0.15, 0.2) is 0 Å². The van der Waals surface area contributed by atoms with Crippen LogP contribution >= 0.6 is 0 Å². The summed E-state index contributed by atoms with van der Waals surface area (Å²) in [5.74, 6) is -1.25. The average Bonchev–Trinajstić information content (AvgIpc) is 2.18. The minimum absolute atomic E-state index is 0.0284. The summed E-state index contributed by atoms with van der Waals surface area (Å²) in [6.07, 6.45) is 1.03. The number of carbonyl (C=O) groups is 2. The zero-order chi connectivity index (χ0) is 11.2. The van der Waals surface area contributed by atoms with Gasteiger partial charge >= 0.3 is 5.97 Å². The van der Waals surface area contributed by atoms with E-state index in [-0.39, 0.29) is 17.9 Å². The van der Waals surface area contributed by atoms with Crippen LogP contribution in [0.1, 0.15) is 26.2 Å². The van der Waals surface area contributed by atoms with Crippen LogP contribution in [0.25, 0.3) is 0 Å². The van der Waals surface area contributed by atoms with Crippen molar-refractivity contribution in [2.75, 3.05) is 0 Å². The summed E-state index contributed by atoms with van der Waals surface area (Å²) in [4.78, 5) is 23.9. The van der Waals surface area contributed by atoms with Crippen LogP contribution in [0.5, 0.6) is 0 Å². The summed E-state index contributed by atoms with van der Waals surface area (Å²) >= 11 is 0. The highest BCUT2D eigenvalue weighted by atomic mass is 16.4. The SMILES string of the molecule is CC[C@H]1C(=O)N2[C@@H]1CC[C@@H](O)[C@H]2C(=O)O. The molecule has 2 rings (SSSR count). The van der Waals surface area contributed by atoms with E-state index >= 15 is 0 Å². The Balaban J connectivity index is 2.19. The molecule has 0 radical (unpaired) electrons. The van der Waals surface area contributed by atoms with Gasteiger partial charge in [-0.25, -0.2) is 4.79 Å². The van der Waals surface area contributed by atoms with Crippen molar-refractivity contribution in [3.63, 3.8) is 0 Å². The lowest BCUT2D eigenvalue weighted by Crippen LogP contribution is -2.71. The maximum atomic E-state index is 11.6. The Bertz CT molecular complexity index is 304. The zero-order valence-corrected chi connectivity index (χ0v) is 8.59. The molecule has 84 valence electrons. The first-order valence-electron chi connectivity index (χ1n) is 5.31. The number of hydrogen-bond donors (Lipinski definition) is 2. The first-order chi connectivity index (χ1) is 7.07. The van der Waals surface area contributed by atoms with Crippen molar-refractivity contribution in [3.05, 3.63) is 0 Å². The Morgan fingerprint density at radius 3 is 2.73 bits per heavy atom. The first kappa shape index (κ1) is 10.4. The number of aliphatic hydroxyl groups excluding tert-OH is 1. The summed E-state index contributed by atoms with van der Waals surface area (Å²) in [6, 6.07) is -0.994. The van der Waals surface area contributed by atoms with Gasteiger partial charge in [0.05, 0.1) is 12.0 Å². The van der Waals surface area contributed by atoms with E-state index in [1.807, 2.05) is 6.92 Å². The number of β-lactam (4-membered cyclic amide) rings is 1. The lowest BCUT2D eigenvalue weighted by atomic mass is 9.76. The largest absolute Gasteiger partial charge is 0.480 e. The number of carboxylic acid groups (broad SMARTS) is 1. The molecular formula is C10H15NO4. The van der Waals surface area contributed by atoms with Crippen LogP contribution in [0.2, 0.25) is 0 Å². The normalized spacial score (nSPS) is 39.6. The van der Waals surface area contributed by atoms with Crippen molar-refractivity contribution in [3.8, 4) is 0 Å². The van der Waals surface area contributed by atoms with E-state index in [0.29, 0.717) is 6.42 Å². The second kappa shape index (κ2) is 3.48. The van der Waals surface area contributed by atoms with Gasteiger partial charge in [-0.15, -0.1) is 0 Å². The molecule has 0 bridgehead atoms. The van der Waals surface area contributed by atoms with Gasteiger partial charge in [0.2, 0.25) is 5.91 Å². The molecule has 0 aliphatic carbocycles. The molecule has 0 unspecified atom stereocenters. The molecule has 2 aliphatic rings. The van der Waals surface area contributed by atoms with Crippen molar-refractivity contribution in [2.24, 2.45) is 5.92 Å². The van der Waals surface area contributed by atoms with E-state index in [0.717, 1.165) is 12.8 Å². The van der Waals surface area contributed by atoms with Gasteiger partial charge in [0.25, 0.3) is 0 Å². The molecule has 0 aromatic carbocycles. The summed E-state index contributed by atoms with van der Waals surface area (Å²) in [5, 5.41) is 18.5. The Hall–Kier alpha value is -1.10. The van der Waals surface area contributed by atoms with Gasteiger partial charge in [0, 0.05) is 6.04 Å². The fourth-order valence-electron chi connectivity index (χ4n) is 2.73.